The quantitative estimate of drug-likeness (QED) is 0.864. The van der Waals surface area contributed by atoms with Crippen molar-refractivity contribution in [3.8, 4) is 0 Å². The highest BCUT2D eigenvalue weighted by atomic mass is 32.1. The van der Waals surface area contributed by atoms with Crippen molar-refractivity contribution in [1.29, 1.82) is 0 Å². The van der Waals surface area contributed by atoms with Crippen LogP contribution in [0.1, 0.15) is 58.9 Å². The van der Waals surface area contributed by atoms with Gasteiger partial charge in [-0.1, -0.05) is 19.8 Å². The third kappa shape index (κ3) is 3.19. The fraction of sp³-hybridized carbons (Fsp3) is 0.471. The maximum absolute atomic E-state index is 12.9. The van der Waals surface area contributed by atoms with Crippen LogP contribution in [0.5, 0.6) is 0 Å². The van der Waals surface area contributed by atoms with E-state index >= 15 is 0 Å². The predicted octanol–water partition coefficient (Wildman–Crippen LogP) is 3.86. The first kappa shape index (κ1) is 15.2. The monoisotopic (exact) mass is 315 g/mol. The van der Waals surface area contributed by atoms with E-state index in [4.69, 9.17) is 0 Å². The Labute approximate surface area is 135 Å². The predicted molar refractivity (Wildman–Crippen MR) is 88.0 cm³/mol. The average Bonchev–Trinajstić information content (AvgIpc) is 2.92. The summed E-state index contributed by atoms with van der Waals surface area (Å²) in [6.07, 6.45) is 10.7. The number of likely N-dealkylation sites (tertiary alicyclic amines) is 1. The third-order valence-corrected chi connectivity index (χ3v) is 5.30. The minimum absolute atomic E-state index is 0.126. The van der Waals surface area contributed by atoms with Crippen molar-refractivity contribution in [3.05, 3.63) is 46.2 Å². The minimum Gasteiger partial charge on any atom is -0.331 e. The summed E-state index contributed by atoms with van der Waals surface area (Å²) < 4.78 is 0. The molecule has 0 spiro atoms. The van der Waals surface area contributed by atoms with Gasteiger partial charge in [-0.3, -0.25) is 9.78 Å². The van der Waals surface area contributed by atoms with E-state index in [2.05, 4.69) is 16.9 Å². The number of amides is 1. The molecule has 116 valence electrons. The summed E-state index contributed by atoms with van der Waals surface area (Å²) in [5.41, 5.74) is 1.19. The molecule has 1 unspecified atom stereocenters. The van der Waals surface area contributed by atoms with E-state index in [0.29, 0.717) is 0 Å². The average molecular weight is 315 g/mol. The van der Waals surface area contributed by atoms with Crippen molar-refractivity contribution < 1.29 is 4.79 Å². The number of rotatable bonds is 3. The Morgan fingerprint density at radius 2 is 2.14 bits per heavy atom. The van der Waals surface area contributed by atoms with Gasteiger partial charge in [-0.05, 0) is 37.0 Å². The van der Waals surface area contributed by atoms with Crippen LogP contribution in [0.2, 0.25) is 0 Å². The summed E-state index contributed by atoms with van der Waals surface area (Å²) in [4.78, 5) is 24.2. The standard InChI is InChI=1S/C17H21N3OS/c1-2-16-19-12-15(22-16)17(21)20-11-5-3-4-6-14(20)13-7-9-18-10-8-13/h7-10,12,14H,2-6,11H2,1H3. The maximum atomic E-state index is 12.9. The molecule has 1 atom stereocenters. The van der Waals surface area contributed by atoms with Gasteiger partial charge in [0.25, 0.3) is 5.91 Å². The lowest BCUT2D eigenvalue weighted by molar-refractivity contribution is 0.0685. The van der Waals surface area contributed by atoms with Crippen LogP contribution in [0.25, 0.3) is 0 Å². The fourth-order valence-corrected chi connectivity index (χ4v) is 3.81. The Morgan fingerprint density at radius 3 is 2.86 bits per heavy atom. The molecule has 1 saturated heterocycles. The smallest absolute Gasteiger partial charge is 0.266 e. The summed E-state index contributed by atoms with van der Waals surface area (Å²) in [5, 5.41) is 1.03. The Morgan fingerprint density at radius 1 is 1.32 bits per heavy atom. The third-order valence-electron chi connectivity index (χ3n) is 4.17. The molecular formula is C17H21N3OS. The first-order valence-electron chi connectivity index (χ1n) is 7.95. The number of aromatic nitrogens is 2. The second-order valence-electron chi connectivity index (χ2n) is 5.62. The lowest BCUT2D eigenvalue weighted by atomic mass is 10.0. The van der Waals surface area contributed by atoms with Gasteiger partial charge in [0.2, 0.25) is 0 Å². The highest BCUT2D eigenvalue weighted by Gasteiger charge is 2.28. The van der Waals surface area contributed by atoms with Gasteiger partial charge < -0.3 is 4.90 Å². The van der Waals surface area contributed by atoms with Crippen molar-refractivity contribution in [3.63, 3.8) is 0 Å². The summed E-state index contributed by atoms with van der Waals surface area (Å²) >= 11 is 1.52. The van der Waals surface area contributed by atoms with E-state index in [1.807, 2.05) is 29.4 Å². The van der Waals surface area contributed by atoms with Gasteiger partial charge in [0, 0.05) is 18.9 Å². The molecule has 0 aliphatic carbocycles. The summed E-state index contributed by atoms with van der Waals surface area (Å²) in [6.45, 7) is 2.89. The van der Waals surface area contributed by atoms with Gasteiger partial charge in [-0.15, -0.1) is 11.3 Å². The second-order valence-corrected chi connectivity index (χ2v) is 6.73. The number of pyridine rings is 1. The number of carbonyl (C=O) groups is 1. The summed E-state index contributed by atoms with van der Waals surface area (Å²) in [6, 6.07) is 4.21. The van der Waals surface area contributed by atoms with Crippen LogP contribution >= 0.6 is 11.3 Å². The first-order valence-corrected chi connectivity index (χ1v) is 8.77. The van der Waals surface area contributed by atoms with E-state index < -0.39 is 0 Å². The zero-order valence-electron chi connectivity index (χ0n) is 12.9. The molecule has 1 amide bonds. The van der Waals surface area contributed by atoms with E-state index in [1.54, 1.807) is 6.20 Å². The van der Waals surface area contributed by atoms with Crippen LogP contribution in [0, 0.1) is 0 Å². The molecular weight excluding hydrogens is 294 g/mol. The van der Waals surface area contributed by atoms with Crippen molar-refractivity contribution in [2.24, 2.45) is 0 Å². The molecule has 0 aromatic carbocycles. The largest absolute Gasteiger partial charge is 0.331 e. The van der Waals surface area contributed by atoms with Gasteiger partial charge in [-0.25, -0.2) is 4.98 Å². The molecule has 22 heavy (non-hydrogen) atoms. The normalized spacial score (nSPS) is 19.0. The van der Waals surface area contributed by atoms with Gasteiger partial charge in [0.05, 0.1) is 17.2 Å². The number of thiazole rings is 1. The summed E-state index contributed by atoms with van der Waals surface area (Å²) in [5.74, 6) is 0.126. The number of hydrogen-bond donors (Lipinski definition) is 0. The zero-order chi connectivity index (χ0) is 15.4. The molecule has 0 radical (unpaired) electrons. The van der Waals surface area contributed by atoms with Crippen molar-refractivity contribution in [2.75, 3.05) is 6.54 Å². The molecule has 0 bridgehead atoms. The van der Waals surface area contributed by atoms with E-state index in [-0.39, 0.29) is 11.9 Å². The van der Waals surface area contributed by atoms with E-state index in [1.165, 1.54) is 29.7 Å². The highest BCUT2D eigenvalue weighted by Crippen LogP contribution is 2.31. The second kappa shape index (κ2) is 7.01. The molecule has 0 N–H and O–H groups in total. The highest BCUT2D eigenvalue weighted by molar-refractivity contribution is 7.13. The van der Waals surface area contributed by atoms with E-state index in [0.717, 1.165) is 35.7 Å². The van der Waals surface area contributed by atoms with Crippen molar-refractivity contribution in [1.82, 2.24) is 14.9 Å². The van der Waals surface area contributed by atoms with E-state index in [9.17, 15) is 4.79 Å². The molecule has 1 fully saturated rings. The molecule has 5 heteroatoms. The van der Waals surface area contributed by atoms with Gasteiger partial charge in [0.15, 0.2) is 0 Å². The number of carbonyl (C=O) groups excluding carboxylic acids is 1. The summed E-state index contributed by atoms with van der Waals surface area (Å²) in [7, 11) is 0. The lowest BCUT2D eigenvalue weighted by Gasteiger charge is -2.30. The molecule has 2 aromatic heterocycles. The van der Waals surface area contributed by atoms with Gasteiger partial charge in [0.1, 0.15) is 4.88 Å². The Balaban J connectivity index is 1.88. The van der Waals surface area contributed by atoms with Crippen LogP contribution in [-0.4, -0.2) is 27.3 Å². The Kier molecular flexibility index (Phi) is 4.83. The molecule has 1 aliphatic heterocycles. The SMILES string of the molecule is CCc1ncc(C(=O)N2CCCCCC2c2ccncc2)s1. The van der Waals surface area contributed by atoms with Gasteiger partial charge >= 0.3 is 0 Å². The van der Waals surface area contributed by atoms with Crippen LogP contribution in [-0.2, 0) is 6.42 Å². The number of nitrogens with zero attached hydrogens (tertiary/aromatic N) is 3. The lowest BCUT2D eigenvalue weighted by Crippen LogP contribution is -2.34. The van der Waals surface area contributed by atoms with Crippen LogP contribution < -0.4 is 0 Å². The fourth-order valence-electron chi connectivity index (χ4n) is 3.00. The van der Waals surface area contributed by atoms with Crippen LogP contribution in [0.4, 0.5) is 0 Å². The maximum Gasteiger partial charge on any atom is 0.266 e. The minimum atomic E-state index is 0.126. The topological polar surface area (TPSA) is 46.1 Å². The zero-order valence-corrected chi connectivity index (χ0v) is 13.7. The number of aryl methyl sites for hydroxylation is 1. The molecule has 4 nitrogen and oxygen atoms in total. The Hall–Kier alpha value is -1.75. The molecule has 3 heterocycles. The number of hydrogen-bond acceptors (Lipinski definition) is 4. The van der Waals surface area contributed by atoms with Crippen molar-refractivity contribution >= 4 is 17.2 Å². The molecule has 2 aromatic rings. The van der Waals surface area contributed by atoms with Gasteiger partial charge in [-0.2, -0.15) is 0 Å². The first-order chi connectivity index (χ1) is 10.8. The molecule has 0 saturated carbocycles. The Bertz CT molecular complexity index is 626. The molecule has 1 aliphatic rings. The molecule has 3 rings (SSSR count). The van der Waals surface area contributed by atoms with Crippen LogP contribution in [0.15, 0.2) is 30.7 Å². The van der Waals surface area contributed by atoms with Crippen LogP contribution in [0.3, 0.4) is 0 Å². The van der Waals surface area contributed by atoms with Crippen molar-refractivity contribution in [2.45, 2.75) is 45.1 Å².